The van der Waals surface area contributed by atoms with Crippen LogP contribution in [0.15, 0.2) is 24.3 Å². The molecular weight excluding hydrogens is 268 g/mol. The quantitative estimate of drug-likeness (QED) is 0.794. The fraction of sp³-hybridized carbons (Fsp3) is 0.385. The van der Waals surface area contributed by atoms with Gasteiger partial charge in [-0.1, -0.05) is 12.1 Å². The van der Waals surface area contributed by atoms with Crippen LogP contribution in [0.1, 0.15) is 11.1 Å². The number of rotatable bonds is 4. The van der Waals surface area contributed by atoms with Gasteiger partial charge in [-0.15, -0.1) is 23.4 Å². The topological polar surface area (TPSA) is 44.1 Å². The first-order chi connectivity index (χ1) is 8.74. The Balaban J connectivity index is 2.08. The van der Waals surface area contributed by atoms with Crippen molar-refractivity contribution in [3.05, 3.63) is 35.4 Å². The lowest BCUT2D eigenvalue weighted by atomic mass is 10.1. The summed E-state index contributed by atoms with van der Waals surface area (Å²) in [6.45, 7) is 0.690. The van der Waals surface area contributed by atoms with E-state index in [4.69, 9.17) is 16.9 Å². The van der Waals surface area contributed by atoms with Crippen LogP contribution in [-0.2, 0) is 11.3 Å². The van der Waals surface area contributed by atoms with Crippen molar-refractivity contribution in [1.82, 2.24) is 4.90 Å². The third kappa shape index (κ3) is 3.05. The molecule has 0 bridgehead atoms. The van der Waals surface area contributed by atoms with Gasteiger partial charge >= 0.3 is 0 Å². The van der Waals surface area contributed by atoms with Crippen molar-refractivity contribution in [1.29, 1.82) is 5.26 Å². The molecule has 1 atom stereocenters. The van der Waals surface area contributed by atoms with Crippen LogP contribution < -0.4 is 0 Å². The van der Waals surface area contributed by atoms with E-state index in [0.29, 0.717) is 12.1 Å². The Morgan fingerprint density at radius 1 is 1.61 bits per heavy atom. The number of nitriles is 1. The van der Waals surface area contributed by atoms with E-state index in [2.05, 4.69) is 11.0 Å². The Morgan fingerprint density at radius 3 is 3.17 bits per heavy atom. The number of ketones is 1. The van der Waals surface area contributed by atoms with E-state index in [1.54, 1.807) is 17.8 Å². The third-order valence-corrected chi connectivity index (χ3v) is 4.25. The van der Waals surface area contributed by atoms with Crippen LogP contribution in [0.25, 0.3) is 0 Å². The van der Waals surface area contributed by atoms with Crippen molar-refractivity contribution in [3.8, 4) is 6.07 Å². The van der Waals surface area contributed by atoms with Crippen molar-refractivity contribution >= 4 is 29.1 Å². The van der Waals surface area contributed by atoms with Gasteiger partial charge < -0.3 is 0 Å². The van der Waals surface area contributed by atoms with Crippen molar-refractivity contribution in [3.63, 3.8) is 0 Å². The maximum Gasteiger partial charge on any atom is 0.165 e. The molecule has 0 N–H and O–H groups in total. The summed E-state index contributed by atoms with van der Waals surface area (Å²) in [6.07, 6.45) is 0. The first-order valence-corrected chi connectivity index (χ1v) is 7.33. The summed E-state index contributed by atoms with van der Waals surface area (Å²) >= 11 is 7.36. The largest absolute Gasteiger partial charge is 0.297 e. The molecule has 1 aromatic rings. The van der Waals surface area contributed by atoms with Crippen molar-refractivity contribution in [2.24, 2.45) is 0 Å². The molecule has 0 aliphatic carbocycles. The van der Waals surface area contributed by atoms with Gasteiger partial charge in [0.1, 0.15) is 0 Å². The molecule has 2 rings (SSSR count). The second-order valence-electron chi connectivity index (χ2n) is 4.17. The maximum atomic E-state index is 11.7. The number of alkyl halides is 1. The molecule has 18 heavy (non-hydrogen) atoms. The van der Waals surface area contributed by atoms with Crippen molar-refractivity contribution in [2.75, 3.05) is 17.5 Å². The monoisotopic (exact) mass is 280 g/mol. The molecule has 1 fully saturated rings. The van der Waals surface area contributed by atoms with Crippen molar-refractivity contribution < 1.29 is 4.79 Å². The molecule has 0 amide bonds. The van der Waals surface area contributed by atoms with Crippen LogP contribution in [-0.4, -0.2) is 34.2 Å². The molecule has 3 nitrogen and oxygen atoms in total. The molecule has 0 spiro atoms. The van der Waals surface area contributed by atoms with Crippen molar-refractivity contribution in [2.45, 2.75) is 12.6 Å². The predicted molar refractivity (Wildman–Crippen MR) is 73.5 cm³/mol. The van der Waals surface area contributed by atoms with Gasteiger partial charge in [-0.3, -0.25) is 9.69 Å². The lowest BCUT2D eigenvalue weighted by Crippen LogP contribution is -2.38. The highest BCUT2D eigenvalue weighted by Crippen LogP contribution is 2.24. The van der Waals surface area contributed by atoms with Crippen LogP contribution >= 0.6 is 23.4 Å². The normalized spacial score (nSPS) is 19.7. The molecule has 1 aromatic carbocycles. The van der Waals surface area contributed by atoms with Crippen LogP contribution in [0, 0.1) is 11.3 Å². The standard InChI is InChI=1S/C13H13ClN2OS/c14-5-13(17)12-8-18-9-16(12)7-11-3-1-2-10(4-11)6-15/h1-4,12H,5,7-9H2. The van der Waals surface area contributed by atoms with Crippen LogP contribution in [0.5, 0.6) is 0 Å². The molecule has 0 saturated carbocycles. The zero-order valence-corrected chi connectivity index (χ0v) is 11.4. The highest BCUT2D eigenvalue weighted by molar-refractivity contribution is 7.99. The summed E-state index contributed by atoms with van der Waals surface area (Å²) in [4.78, 5) is 13.8. The average molecular weight is 281 g/mol. The predicted octanol–water partition coefficient (Wildman–Crippen LogP) is 2.24. The Bertz CT molecular complexity index is 486. The third-order valence-electron chi connectivity index (χ3n) is 2.92. The Hall–Kier alpha value is -1.02. The minimum Gasteiger partial charge on any atom is -0.297 e. The fourth-order valence-electron chi connectivity index (χ4n) is 1.99. The fourth-order valence-corrected chi connectivity index (χ4v) is 3.40. The minimum absolute atomic E-state index is 0.0694. The maximum absolute atomic E-state index is 11.7. The van der Waals surface area contributed by atoms with Crippen LogP contribution in [0.2, 0.25) is 0 Å². The summed E-state index contributed by atoms with van der Waals surface area (Å²) in [6, 6.07) is 9.54. The number of hydrogen-bond acceptors (Lipinski definition) is 4. The van der Waals surface area contributed by atoms with E-state index in [-0.39, 0.29) is 17.7 Å². The molecule has 0 aromatic heterocycles. The summed E-state index contributed by atoms with van der Waals surface area (Å²) < 4.78 is 0. The second kappa shape index (κ2) is 6.24. The average Bonchev–Trinajstić information content (AvgIpc) is 2.86. The van der Waals surface area contributed by atoms with Gasteiger partial charge in [0.25, 0.3) is 0 Å². The van der Waals surface area contributed by atoms with E-state index >= 15 is 0 Å². The summed E-state index contributed by atoms with van der Waals surface area (Å²) in [7, 11) is 0. The Kier molecular flexibility index (Phi) is 4.65. The molecule has 1 heterocycles. The number of carbonyl (C=O) groups excluding carboxylic acids is 1. The number of nitrogens with zero attached hydrogens (tertiary/aromatic N) is 2. The van der Waals surface area contributed by atoms with Gasteiger partial charge in [0, 0.05) is 18.2 Å². The molecule has 0 radical (unpaired) electrons. The van der Waals surface area contributed by atoms with Gasteiger partial charge in [0.2, 0.25) is 0 Å². The molecule has 1 aliphatic rings. The Morgan fingerprint density at radius 2 is 2.44 bits per heavy atom. The van der Waals surface area contributed by atoms with Gasteiger partial charge in [0.05, 0.1) is 23.6 Å². The zero-order chi connectivity index (χ0) is 13.0. The molecule has 1 unspecified atom stereocenters. The summed E-state index contributed by atoms with van der Waals surface area (Å²) in [5.74, 6) is 1.80. The second-order valence-corrected chi connectivity index (χ2v) is 5.44. The van der Waals surface area contributed by atoms with Gasteiger partial charge in [0.15, 0.2) is 5.78 Å². The molecule has 1 aliphatic heterocycles. The number of hydrogen-bond donors (Lipinski definition) is 0. The summed E-state index contributed by atoms with van der Waals surface area (Å²) in [5, 5.41) is 8.86. The molecule has 1 saturated heterocycles. The highest BCUT2D eigenvalue weighted by Gasteiger charge is 2.30. The molecule has 5 heteroatoms. The highest BCUT2D eigenvalue weighted by atomic mass is 35.5. The van der Waals surface area contributed by atoms with Gasteiger partial charge in [-0.2, -0.15) is 5.26 Å². The smallest absolute Gasteiger partial charge is 0.165 e. The lowest BCUT2D eigenvalue weighted by Gasteiger charge is -2.21. The van der Waals surface area contributed by atoms with E-state index in [1.165, 1.54) is 0 Å². The van der Waals surface area contributed by atoms with E-state index in [1.807, 2.05) is 18.2 Å². The summed E-state index contributed by atoms with van der Waals surface area (Å²) in [5.41, 5.74) is 1.71. The van der Waals surface area contributed by atoms with Crippen LogP contribution in [0.3, 0.4) is 0 Å². The number of halogens is 1. The van der Waals surface area contributed by atoms with Crippen LogP contribution in [0.4, 0.5) is 0 Å². The van der Waals surface area contributed by atoms with E-state index < -0.39 is 0 Å². The van der Waals surface area contributed by atoms with Gasteiger partial charge in [-0.05, 0) is 17.7 Å². The minimum atomic E-state index is -0.0850. The zero-order valence-electron chi connectivity index (χ0n) is 9.80. The number of thioether (sulfide) groups is 1. The number of carbonyl (C=O) groups is 1. The van der Waals surface area contributed by atoms with E-state index in [0.717, 1.165) is 17.2 Å². The number of Topliss-reactive ketones (excluding diaryl/α,β-unsaturated/α-hetero) is 1. The first-order valence-electron chi connectivity index (χ1n) is 5.64. The first kappa shape index (κ1) is 13.4. The van der Waals surface area contributed by atoms with E-state index in [9.17, 15) is 4.79 Å². The SMILES string of the molecule is N#Cc1cccc(CN2CSCC2C(=O)CCl)c1. The number of benzene rings is 1. The molecule has 94 valence electrons. The van der Waals surface area contributed by atoms with Gasteiger partial charge in [-0.25, -0.2) is 0 Å². The Labute approximate surface area is 116 Å². The lowest BCUT2D eigenvalue weighted by molar-refractivity contribution is -0.120. The molecular formula is C13H13ClN2OS.